The Balaban J connectivity index is 1.85. The quantitative estimate of drug-likeness (QED) is 0.274. The molecule has 0 amide bonds. The van der Waals surface area contributed by atoms with E-state index in [1.54, 1.807) is 12.3 Å². The van der Waals surface area contributed by atoms with Crippen molar-refractivity contribution in [1.82, 2.24) is 4.98 Å². The lowest BCUT2D eigenvalue weighted by Gasteiger charge is -2.12. The summed E-state index contributed by atoms with van der Waals surface area (Å²) in [7, 11) is 0. The molecule has 0 atom stereocenters. The van der Waals surface area contributed by atoms with Gasteiger partial charge in [-0.2, -0.15) is 0 Å². The molecule has 0 saturated heterocycles. The van der Waals surface area contributed by atoms with Gasteiger partial charge in [-0.15, -0.1) is 4.98 Å². The molecule has 0 aromatic carbocycles. The van der Waals surface area contributed by atoms with Crippen LogP contribution in [0.3, 0.4) is 0 Å². The number of nitrogens with two attached hydrogens (primary N) is 1. The van der Waals surface area contributed by atoms with Crippen molar-refractivity contribution in [1.29, 1.82) is 0 Å². The Morgan fingerprint density at radius 2 is 1.42 bits per heavy atom. The SMILES string of the molecule is CCCCCCCCCCCCCCCNc1ccnc(N)[n+]1[O-]. The van der Waals surface area contributed by atoms with Crippen LogP contribution in [0.15, 0.2) is 12.3 Å². The highest BCUT2D eigenvalue weighted by molar-refractivity contribution is 5.29. The van der Waals surface area contributed by atoms with Gasteiger partial charge in [0.1, 0.15) is 0 Å². The van der Waals surface area contributed by atoms with Gasteiger partial charge in [0.15, 0.2) is 5.82 Å². The lowest BCUT2D eigenvalue weighted by molar-refractivity contribution is -0.577. The Morgan fingerprint density at radius 3 is 1.96 bits per heavy atom. The van der Waals surface area contributed by atoms with Gasteiger partial charge in [-0.25, -0.2) is 4.73 Å². The summed E-state index contributed by atoms with van der Waals surface area (Å²) >= 11 is 0. The zero-order valence-electron chi connectivity index (χ0n) is 15.4. The third kappa shape index (κ3) is 9.58. The standard InChI is InChI=1S/C19H36N4O/c1-2-3-4-5-6-7-8-9-10-11-12-13-14-16-21-18-15-17-22-19(20)23(18)24/h15,17,21H,2-14,16H2,1H3,(H2,20,22). The molecule has 0 unspecified atom stereocenters. The van der Waals surface area contributed by atoms with Crippen LogP contribution in [0.1, 0.15) is 90.4 Å². The second-order valence-corrected chi connectivity index (χ2v) is 6.65. The Bertz CT molecular complexity index is 426. The number of hydrogen-bond acceptors (Lipinski definition) is 4. The average Bonchev–Trinajstić information content (AvgIpc) is 2.58. The fraction of sp³-hybridized carbons (Fsp3) is 0.789. The topological polar surface area (TPSA) is 77.9 Å². The first-order valence-electron chi connectivity index (χ1n) is 9.83. The van der Waals surface area contributed by atoms with Crippen LogP contribution in [0, 0.1) is 5.21 Å². The van der Waals surface area contributed by atoms with E-state index in [1.165, 1.54) is 77.0 Å². The van der Waals surface area contributed by atoms with E-state index in [4.69, 9.17) is 5.73 Å². The van der Waals surface area contributed by atoms with Crippen LogP contribution in [-0.4, -0.2) is 11.5 Å². The van der Waals surface area contributed by atoms with Crippen LogP contribution in [0.2, 0.25) is 0 Å². The monoisotopic (exact) mass is 336 g/mol. The van der Waals surface area contributed by atoms with Crippen molar-refractivity contribution in [3.05, 3.63) is 17.5 Å². The second kappa shape index (κ2) is 13.9. The van der Waals surface area contributed by atoms with Crippen molar-refractivity contribution in [3.8, 4) is 0 Å². The number of nitrogen functional groups attached to an aromatic ring is 1. The molecule has 0 aliphatic carbocycles. The second-order valence-electron chi connectivity index (χ2n) is 6.65. The van der Waals surface area contributed by atoms with Gasteiger partial charge in [0.25, 0.3) is 0 Å². The first kappa shape index (κ1) is 20.5. The number of rotatable bonds is 15. The fourth-order valence-corrected chi connectivity index (χ4v) is 2.92. The highest BCUT2D eigenvalue weighted by Gasteiger charge is 2.03. The minimum atomic E-state index is -0.00892. The molecule has 24 heavy (non-hydrogen) atoms. The van der Waals surface area contributed by atoms with Crippen LogP contribution in [-0.2, 0) is 0 Å². The van der Waals surface area contributed by atoms with E-state index >= 15 is 0 Å². The summed E-state index contributed by atoms with van der Waals surface area (Å²) in [6.07, 6.45) is 19.0. The summed E-state index contributed by atoms with van der Waals surface area (Å²) < 4.78 is 0.641. The summed E-state index contributed by atoms with van der Waals surface area (Å²) in [4.78, 5) is 3.75. The predicted octanol–water partition coefficient (Wildman–Crippen LogP) is 4.80. The Hall–Kier alpha value is -1.52. The van der Waals surface area contributed by atoms with E-state index in [0.29, 0.717) is 10.5 Å². The maximum absolute atomic E-state index is 11.6. The van der Waals surface area contributed by atoms with Crippen LogP contribution in [0.4, 0.5) is 11.8 Å². The van der Waals surface area contributed by atoms with Crippen molar-refractivity contribution in [2.45, 2.75) is 90.4 Å². The Labute approximate surface area is 147 Å². The summed E-state index contributed by atoms with van der Waals surface area (Å²) in [6.45, 7) is 3.08. The summed E-state index contributed by atoms with van der Waals surface area (Å²) in [6, 6.07) is 1.66. The van der Waals surface area contributed by atoms with Gasteiger partial charge in [0, 0.05) is 12.6 Å². The maximum atomic E-state index is 11.6. The minimum Gasteiger partial charge on any atom is -0.754 e. The maximum Gasteiger partial charge on any atom is 0.343 e. The van der Waals surface area contributed by atoms with E-state index in [2.05, 4.69) is 17.2 Å². The van der Waals surface area contributed by atoms with Gasteiger partial charge in [-0.3, -0.25) is 0 Å². The zero-order valence-corrected chi connectivity index (χ0v) is 15.4. The van der Waals surface area contributed by atoms with E-state index < -0.39 is 0 Å². The number of aromatic nitrogens is 2. The molecular weight excluding hydrogens is 300 g/mol. The Morgan fingerprint density at radius 1 is 0.917 bits per heavy atom. The first-order valence-corrected chi connectivity index (χ1v) is 9.83. The molecule has 0 fully saturated rings. The smallest absolute Gasteiger partial charge is 0.343 e. The molecule has 3 N–H and O–H groups in total. The number of unbranched alkanes of at least 4 members (excludes halogenated alkanes) is 12. The first-order chi connectivity index (χ1) is 11.8. The molecule has 138 valence electrons. The van der Waals surface area contributed by atoms with E-state index in [1.807, 2.05) is 0 Å². The van der Waals surface area contributed by atoms with Crippen LogP contribution >= 0.6 is 0 Å². The van der Waals surface area contributed by atoms with E-state index in [0.717, 1.165) is 13.0 Å². The molecule has 1 rings (SSSR count). The van der Waals surface area contributed by atoms with Gasteiger partial charge in [-0.1, -0.05) is 84.0 Å². The third-order valence-electron chi connectivity index (χ3n) is 4.45. The number of hydrogen-bond donors (Lipinski definition) is 2. The van der Waals surface area contributed by atoms with Crippen molar-refractivity contribution in [2.24, 2.45) is 0 Å². The van der Waals surface area contributed by atoms with Gasteiger partial charge >= 0.3 is 5.95 Å². The fourth-order valence-electron chi connectivity index (χ4n) is 2.92. The molecule has 0 bridgehead atoms. The average molecular weight is 337 g/mol. The number of nitrogens with zero attached hydrogens (tertiary/aromatic N) is 2. The lowest BCUT2D eigenvalue weighted by atomic mass is 10.0. The molecule has 5 nitrogen and oxygen atoms in total. The molecule has 0 aliphatic rings. The normalized spacial score (nSPS) is 10.9. The molecule has 1 aromatic rings. The van der Waals surface area contributed by atoms with E-state index in [9.17, 15) is 5.21 Å². The zero-order chi connectivity index (χ0) is 17.5. The molecule has 0 radical (unpaired) electrons. The largest absolute Gasteiger partial charge is 0.754 e. The van der Waals surface area contributed by atoms with Crippen molar-refractivity contribution in [2.75, 3.05) is 17.6 Å². The van der Waals surface area contributed by atoms with Gasteiger partial charge in [0.2, 0.25) is 0 Å². The van der Waals surface area contributed by atoms with Gasteiger partial charge in [-0.05, 0) is 6.42 Å². The molecule has 0 spiro atoms. The van der Waals surface area contributed by atoms with Crippen LogP contribution in [0.25, 0.3) is 0 Å². The van der Waals surface area contributed by atoms with Gasteiger partial charge < -0.3 is 16.3 Å². The van der Waals surface area contributed by atoms with Crippen LogP contribution < -0.4 is 15.8 Å². The molecule has 1 heterocycles. The highest BCUT2D eigenvalue weighted by Crippen LogP contribution is 2.12. The number of nitrogens with one attached hydrogen (secondary N) is 1. The number of anilines is 2. The predicted molar refractivity (Wildman–Crippen MR) is 102 cm³/mol. The van der Waals surface area contributed by atoms with Gasteiger partial charge in [0.05, 0.1) is 6.20 Å². The highest BCUT2D eigenvalue weighted by atomic mass is 16.5. The molecule has 0 aliphatic heterocycles. The van der Waals surface area contributed by atoms with Crippen molar-refractivity contribution < 1.29 is 4.73 Å². The lowest BCUT2D eigenvalue weighted by Crippen LogP contribution is -2.35. The summed E-state index contributed by atoms with van der Waals surface area (Å²) in [5, 5.41) is 14.7. The molecule has 1 aromatic heterocycles. The molecular formula is C19H36N4O. The van der Waals surface area contributed by atoms with Crippen LogP contribution in [0.5, 0.6) is 0 Å². The Kier molecular flexibility index (Phi) is 11.9. The van der Waals surface area contributed by atoms with E-state index in [-0.39, 0.29) is 5.95 Å². The minimum absolute atomic E-state index is 0.00892. The molecule has 0 saturated carbocycles. The van der Waals surface area contributed by atoms with Crippen molar-refractivity contribution in [3.63, 3.8) is 0 Å². The summed E-state index contributed by atoms with van der Waals surface area (Å²) in [5.41, 5.74) is 5.47. The summed E-state index contributed by atoms with van der Waals surface area (Å²) in [5.74, 6) is 0.479. The molecule has 5 heteroatoms. The van der Waals surface area contributed by atoms with Crippen molar-refractivity contribution >= 4 is 11.8 Å². The third-order valence-corrected chi connectivity index (χ3v) is 4.45.